The van der Waals surface area contributed by atoms with Gasteiger partial charge in [0.15, 0.2) is 0 Å². The number of hydrogen-bond donors (Lipinski definition) is 1. The Morgan fingerprint density at radius 2 is 2.08 bits per heavy atom. The number of allylic oxidation sites excluding steroid dienone is 5. The summed E-state index contributed by atoms with van der Waals surface area (Å²) >= 11 is 0. The molecule has 1 N–H and O–H groups in total. The van der Waals surface area contributed by atoms with Crippen LogP contribution in [0, 0.1) is 0 Å². The molecule has 0 unspecified atom stereocenters. The van der Waals surface area contributed by atoms with Crippen LogP contribution in [0.1, 0.15) is 27.2 Å². The van der Waals surface area contributed by atoms with Crippen molar-refractivity contribution in [2.24, 2.45) is 0 Å². The van der Waals surface area contributed by atoms with E-state index in [1.165, 1.54) is 5.57 Å². The first-order valence-electron chi connectivity index (χ1n) is 4.61. The molecule has 0 aliphatic rings. The number of rotatable bonds is 5. The summed E-state index contributed by atoms with van der Waals surface area (Å²) in [4.78, 5) is 0. The third-order valence-electron chi connectivity index (χ3n) is 1.66. The van der Waals surface area contributed by atoms with Crippen LogP contribution in [0.3, 0.4) is 0 Å². The van der Waals surface area contributed by atoms with E-state index >= 15 is 0 Å². The van der Waals surface area contributed by atoms with Gasteiger partial charge in [0, 0.05) is 5.70 Å². The minimum absolute atomic E-state index is 0.908. The molecule has 0 saturated carbocycles. The second-order valence-electron chi connectivity index (χ2n) is 2.90. The van der Waals surface area contributed by atoms with Gasteiger partial charge in [0.2, 0.25) is 0 Å². The molecule has 0 rings (SSSR count). The first-order chi connectivity index (χ1) is 6.20. The lowest BCUT2D eigenvalue weighted by Crippen LogP contribution is -2.01. The largest absolute Gasteiger partial charge is 0.362 e. The molecule has 0 bridgehead atoms. The molecule has 0 spiro atoms. The van der Waals surface area contributed by atoms with E-state index in [2.05, 4.69) is 25.7 Å². The third kappa shape index (κ3) is 7.13. The lowest BCUT2D eigenvalue weighted by molar-refractivity contribution is 1.02. The van der Waals surface area contributed by atoms with Crippen molar-refractivity contribution in [2.75, 3.05) is 0 Å². The summed E-state index contributed by atoms with van der Waals surface area (Å²) in [6.07, 6.45) is 10.9. The van der Waals surface area contributed by atoms with Gasteiger partial charge in [-0.25, -0.2) is 0 Å². The molecule has 0 aliphatic heterocycles. The van der Waals surface area contributed by atoms with Crippen molar-refractivity contribution < 1.29 is 0 Å². The molecule has 0 radical (unpaired) electrons. The SMILES string of the molecule is C=C(/C=C\C=C/C)N/C=C(/C)CC. The summed E-state index contributed by atoms with van der Waals surface area (Å²) in [6, 6.07) is 0. The van der Waals surface area contributed by atoms with Gasteiger partial charge in [0.1, 0.15) is 0 Å². The standard InChI is InChI=1S/C12H19N/c1-5-7-8-9-12(4)13-10-11(3)6-2/h5,7-10,13H,4,6H2,1-3H3/b7-5-,9-8-,11-10-. The average Bonchev–Trinajstić information content (AvgIpc) is 2.14. The first-order valence-corrected chi connectivity index (χ1v) is 4.61. The molecule has 13 heavy (non-hydrogen) atoms. The summed E-state index contributed by atoms with van der Waals surface area (Å²) in [6.45, 7) is 10.1. The van der Waals surface area contributed by atoms with Crippen molar-refractivity contribution in [3.63, 3.8) is 0 Å². The monoisotopic (exact) mass is 177 g/mol. The van der Waals surface area contributed by atoms with Crippen LogP contribution in [0.5, 0.6) is 0 Å². The van der Waals surface area contributed by atoms with Gasteiger partial charge in [-0.3, -0.25) is 0 Å². The maximum absolute atomic E-state index is 3.86. The van der Waals surface area contributed by atoms with Crippen molar-refractivity contribution in [1.29, 1.82) is 0 Å². The predicted molar refractivity (Wildman–Crippen MR) is 60.3 cm³/mol. The quantitative estimate of drug-likeness (QED) is 0.633. The van der Waals surface area contributed by atoms with Crippen molar-refractivity contribution in [3.8, 4) is 0 Å². The van der Waals surface area contributed by atoms with Crippen molar-refractivity contribution in [2.45, 2.75) is 27.2 Å². The Kier molecular flexibility index (Phi) is 6.70. The van der Waals surface area contributed by atoms with E-state index in [9.17, 15) is 0 Å². The van der Waals surface area contributed by atoms with Crippen molar-refractivity contribution >= 4 is 0 Å². The van der Waals surface area contributed by atoms with Gasteiger partial charge < -0.3 is 5.32 Å². The Hall–Kier alpha value is -1.24. The van der Waals surface area contributed by atoms with Gasteiger partial charge in [-0.1, -0.05) is 37.3 Å². The van der Waals surface area contributed by atoms with E-state index in [-0.39, 0.29) is 0 Å². The van der Waals surface area contributed by atoms with Crippen LogP contribution in [0.25, 0.3) is 0 Å². The highest BCUT2D eigenvalue weighted by molar-refractivity contribution is 5.19. The van der Waals surface area contributed by atoms with Gasteiger partial charge in [-0.15, -0.1) is 0 Å². The molecule has 0 aliphatic carbocycles. The van der Waals surface area contributed by atoms with Gasteiger partial charge >= 0.3 is 0 Å². The van der Waals surface area contributed by atoms with E-state index < -0.39 is 0 Å². The van der Waals surface area contributed by atoms with Crippen LogP contribution >= 0.6 is 0 Å². The molecule has 0 amide bonds. The van der Waals surface area contributed by atoms with Crippen molar-refractivity contribution in [1.82, 2.24) is 5.32 Å². The second kappa shape index (κ2) is 7.41. The summed E-state index contributed by atoms with van der Waals surface area (Å²) in [7, 11) is 0. The normalized spacial score (nSPS) is 12.7. The summed E-state index contributed by atoms with van der Waals surface area (Å²) in [5.74, 6) is 0. The van der Waals surface area contributed by atoms with Gasteiger partial charge in [0.05, 0.1) is 0 Å². The maximum atomic E-state index is 3.86. The smallest absolute Gasteiger partial charge is 0.0306 e. The zero-order valence-corrected chi connectivity index (χ0v) is 8.80. The zero-order valence-electron chi connectivity index (χ0n) is 8.80. The molecule has 1 nitrogen and oxygen atoms in total. The third-order valence-corrected chi connectivity index (χ3v) is 1.66. The summed E-state index contributed by atoms with van der Waals surface area (Å²) in [5.41, 5.74) is 2.23. The Labute approximate surface area is 81.5 Å². The van der Waals surface area contributed by atoms with Crippen LogP contribution in [-0.2, 0) is 0 Å². The lowest BCUT2D eigenvalue weighted by Gasteiger charge is -2.00. The molecule has 0 atom stereocenters. The molecule has 0 saturated heterocycles. The Bertz CT molecular complexity index is 232. The van der Waals surface area contributed by atoms with Gasteiger partial charge in [-0.05, 0) is 32.5 Å². The molecular weight excluding hydrogens is 158 g/mol. The van der Waals surface area contributed by atoms with Gasteiger partial charge in [0.25, 0.3) is 0 Å². The number of hydrogen-bond acceptors (Lipinski definition) is 1. The molecular formula is C12H19N. The predicted octanol–water partition coefficient (Wildman–Crippen LogP) is 3.54. The van der Waals surface area contributed by atoms with Gasteiger partial charge in [-0.2, -0.15) is 0 Å². The average molecular weight is 177 g/mol. The molecule has 0 heterocycles. The highest BCUT2D eigenvalue weighted by Crippen LogP contribution is 1.97. The molecule has 0 aromatic heterocycles. The van der Waals surface area contributed by atoms with Crippen LogP contribution in [0.2, 0.25) is 0 Å². The second-order valence-corrected chi connectivity index (χ2v) is 2.90. The van der Waals surface area contributed by atoms with E-state index in [0.29, 0.717) is 0 Å². The summed E-state index contributed by atoms with van der Waals surface area (Å²) in [5, 5.41) is 3.12. The van der Waals surface area contributed by atoms with E-state index in [4.69, 9.17) is 0 Å². The molecule has 0 aromatic rings. The minimum atomic E-state index is 0.908. The fourth-order valence-corrected chi connectivity index (χ4v) is 0.649. The molecule has 1 heteroatoms. The van der Waals surface area contributed by atoms with E-state index in [0.717, 1.165) is 12.1 Å². The highest BCUT2D eigenvalue weighted by atomic mass is 14.8. The Morgan fingerprint density at radius 1 is 1.38 bits per heavy atom. The maximum Gasteiger partial charge on any atom is 0.0306 e. The van der Waals surface area contributed by atoms with Crippen LogP contribution < -0.4 is 5.32 Å². The molecule has 72 valence electrons. The lowest BCUT2D eigenvalue weighted by atomic mass is 10.2. The molecule has 0 aromatic carbocycles. The minimum Gasteiger partial charge on any atom is -0.362 e. The topological polar surface area (TPSA) is 12.0 Å². The fraction of sp³-hybridized carbons (Fsp3) is 0.333. The first kappa shape index (κ1) is 11.8. The van der Waals surface area contributed by atoms with E-state index in [1.807, 2.05) is 37.4 Å². The van der Waals surface area contributed by atoms with Crippen molar-refractivity contribution in [3.05, 3.63) is 48.4 Å². The molecule has 0 fully saturated rings. The van der Waals surface area contributed by atoms with E-state index in [1.54, 1.807) is 0 Å². The number of nitrogens with one attached hydrogen (secondary N) is 1. The van der Waals surface area contributed by atoms with Crippen LogP contribution in [0.15, 0.2) is 48.4 Å². The summed E-state index contributed by atoms with van der Waals surface area (Å²) < 4.78 is 0. The Balaban J connectivity index is 3.88. The zero-order chi connectivity index (χ0) is 10.1. The van der Waals surface area contributed by atoms with Crippen LogP contribution in [-0.4, -0.2) is 0 Å². The van der Waals surface area contributed by atoms with Crippen LogP contribution in [0.4, 0.5) is 0 Å². The fourth-order valence-electron chi connectivity index (χ4n) is 0.649. The highest BCUT2D eigenvalue weighted by Gasteiger charge is 1.83. The Morgan fingerprint density at radius 3 is 2.62 bits per heavy atom.